The Morgan fingerprint density at radius 3 is 2.47 bits per heavy atom. The van der Waals surface area contributed by atoms with Crippen LogP contribution in [-0.2, 0) is 16.2 Å². The van der Waals surface area contributed by atoms with Crippen LogP contribution in [0.25, 0.3) is 6.08 Å². The average molecular weight is 451 g/mol. The fourth-order valence-corrected chi connectivity index (χ4v) is 3.55. The van der Waals surface area contributed by atoms with E-state index in [1.807, 2.05) is 31.2 Å². The van der Waals surface area contributed by atoms with Crippen LogP contribution in [0.1, 0.15) is 31.9 Å². The van der Waals surface area contributed by atoms with E-state index in [0.717, 1.165) is 10.5 Å². The largest absolute Gasteiger partial charge is 0.490 e. The third-order valence-electron chi connectivity index (χ3n) is 5.06. The molecule has 0 fully saturated rings. The van der Waals surface area contributed by atoms with Gasteiger partial charge in [-0.1, -0.05) is 35.9 Å². The number of nitrogens with zero attached hydrogens (tertiary/aromatic N) is 2. The number of likely N-dealkylation sites (N-methyl/N-ethyl adjacent to an activating group) is 1. The minimum atomic E-state index is -0.562. The van der Waals surface area contributed by atoms with E-state index in [1.54, 1.807) is 44.2 Å². The number of benzene rings is 2. The van der Waals surface area contributed by atoms with Crippen molar-refractivity contribution < 1.29 is 19.1 Å². The van der Waals surface area contributed by atoms with Gasteiger partial charge < -0.3 is 9.47 Å². The molecule has 0 unspecified atom stereocenters. The molecular weight excluding hydrogens is 428 g/mol. The van der Waals surface area contributed by atoms with E-state index < -0.39 is 11.8 Å². The lowest BCUT2D eigenvalue weighted by Crippen LogP contribution is -2.42. The summed E-state index contributed by atoms with van der Waals surface area (Å²) >= 11 is 6.20. The summed E-state index contributed by atoms with van der Waals surface area (Å²) in [5.41, 5.74) is 2.18. The van der Waals surface area contributed by atoms with Crippen LogP contribution in [0.3, 0.4) is 0 Å². The average Bonchev–Trinajstić information content (AvgIpc) is 2.78. The maximum atomic E-state index is 12.8. The van der Waals surface area contributed by atoms with Crippen molar-refractivity contribution in [3.8, 4) is 17.6 Å². The molecule has 0 atom stereocenters. The number of imide groups is 1. The Kier molecular flexibility index (Phi) is 7.34. The zero-order valence-corrected chi connectivity index (χ0v) is 18.9. The summed E-state index contributed by atoms with van der Waals surface area (Å²) in [4.78, 5) is 26.3. The molecule has 2 aromatic carbocycles. The standard InChI is InChI=1S/C25H23ClN2O4/c1-4-28-24(29)19(16(3)20(14-27)25(28)30)12-17-10-11-22(23(13-17)31-5-2)32-15-18-8-6-7-9-21(18)26/h6-13H,4-5,15H2,1-3H3/b19-12+. The predicted molar refractivity (Wildman–Crippen MR) is 122 cm³/mol. The molecule has 0 radical (unpaired) electrons. The van der Waals surface area contributed by atoms with Gasteiger partial charge in [0.15, 0.2) is 11.5 Å². The Bertz CT molecular complexity index is 1160. The Morgan fingerprint density at radius 1 is 1.06 bits per heavy atom. The fraction of sp³-hybridized carbons (Fsp3) is 0.240. The normalized spacial score (nSPS) is 15.2. The highest BCUT2D eigenvalue weighted by atomic mass is 35.5. The first kappa shape index (κ1) is 23.1. The highest BCUT2D eigenvalue weighted by molar-refractivity contribution is 6.31. The van der Waals surface area contributed by atoms with Gasteiger partial charge in [-0.3, -0.25) is 14.5 Å². The minimum Gasteiger partial charge on any atom is -0.490 e. The summed E-state index contributed by atoms with van der Waals surface area (Å²) in [6, 6.07) is 14.7. The van der Waals surface area contributed by atoms with Crippen molar-refractivity contribution in [2.45, 2.75) is 27.4 Å². The number of carbonyl (C=O) groups is 2. The summed E-state index contributed by atoms with van der Waals surface area (Å²) in [5.74, 6) is 0.0703. The van der Waals surface area contributed by atoms with Crippen LogP contribution < -0.4 is 9.47 Å². The zero-order chi connectivity index (χ0) is 23.3. The lowest BCUT2D eigenvalue weighted by molar-refractivity contribution is -0.140. The molecule has 6 nitrogen and oxygen atoms in total. The quantitative estimate of drug-likeness (QED) is 0.441. The van der Waals surface area contributed by atoms with Gasteiger partial charge >= 0.3 is 0 Å². The van der Waals surface area contributed by atoms with E-state index in [0.29, 0.717) is 39.8 Å². The van der Waals surface area contributed by atoms with Crippen LogP contribution in [0.4, 0.5) is 0 Å². The van der Waals surface area contributed by atoms with Gasteiger partial charge in [0, 0.05) is 22.7 Å². The summed E-state index contributed by atoms with van der Waals surface area (Å²) in [6.45, 7) is 6.06. The maximum absolute atomic E-state index is 12.8. The van der Waals surface area contributed by atoms with Crippen LogP contribution in [0.2, 0.25) is 5.02 Å². The molecule has 0 bridgehead atoms. The van der Waals surface area contributed by atoms with Crippen molar-refractivity contribution in [2.24, 2.45) is 0 Å². The topological polar surface area (TPSA) is 79.6 Å². The van der Waals surface area contributed by atoms with Gasteiger partial charge in [0.2, 0.25) is 0 Å². The molecule has 3 rings (SSSR count). The first-order chi connectivity index (χ1) is 15.4. The van der Waals surface area contributed by atoms with E-state index in [1.165, 1.54) is 0 Å². The number of carbonyl (C=O) groups excluding carboxylic acids is 2. The Balaban J connectivity index is 1.95. The van der Waals surface area contributed by atoms with Gasteiger partial charge in [-0.15, -0.1) is 0 Å². The van der Waals surface area contributed by atoms with Crippen LogP contribution >= 0.6 is 11.6 Å². The monoisotopic (exact) mass is 450 g/mol. The second-order valence-electron chi connectivity index (χ2n) is 7.04. The van der Waals surface area contributed by atoms with Crippen LogP contribution in [0.5, 0.6) is 11.5 Å². The van der Waals surface area contributed by atoms with E-state index >= 15 is 0 Å². The first-order valence-corrected chi connectivity index (χ1v) is 10.6. The lowest BCUT2D eigenvalue weighted by atomic mass is 9.93. The van der Waals surface area contributed by atoms with E-state index in [4.69, 9.17) is 21.1 Å². The highest BCUT2D eigenvalue weighted by Gasteiger charge is 2.34. The van der Waals surface area contributed by atoms with Crippen molar-refractivity contribution in [3.63, 3.8) is 0 Å². The highest BCUT2D eigenvalue weighted by Crippen LogP contribution is 2.32. The summed E-state index contributed by atoms with van der Waals surface area (Å²) in [7, 11) is 0. The lowest BCUT2D eigenvalue weighted by Gasteiger charge is -2.26. The summed E-state index contributed by atoms with van der Waals surface area (Å²) in [6.07, 6.45) is 1.66. The minimum absolute atomic E-state index is 0.0255. The second kappa shape index (κ2) is 10.2. The maximum Gasteiger partial charge on any atom is 0.271 e. The number of hydrogen-bond donors (Lipinski definition) is 0. The molecule has 1 aliphatic heterocycles. The van der Waals surface area contributed by atoms with Crippen molar-refractivity contribution in [3.05, 3.63) is 75.3 Å². The Hall–Kier alpha value is -3.56. The number of halogens is 1. The first-order valence-electron chi connectivity index (χ1n) is 10.2. The smallest absolute Gasteiger partial charge is 0.271 e. The van der Waals surface area contributed by atoms with Crippen LogP contribution in [-0.4, -0.2) is 29.9 Å². The van der Waals surface area contributed by atoms with Gasteiger partial charge in [-0.25, -0.2) is 0 Å². The predicted octanol–water partition coefficient (Wildman–Crippen LogP) is 4.93. The van der Waals surface area contributed by atoms with Crippen molar-refractivity contribution >= 4 is 29.5 Å². The summed E-state index contributed by atoms with van der Waals surface area (Å²) in [5, 5.41) is 10.0. The molecule has 32 heavy (non-hydrogen) atoms. The number of rotatable bonds is 7. The SMILES string of the molecule is CCOc1cc(/C=C2/C(=O)N(CC)C(=O)C(C#N)=C2C)ccc1OCc1ccccc1Cl. The molecule has 0 aromatic heterocycles. The van der Waals surface area contributed by atoms with Crippen molar-refractivity contribution in [1.29, 1.82) is 5.26 Å². The molecule has 0 saturated heterocycles. The molecule has 2 amide bonds. The number of ether oxygens (including phenoxy) is 2. The fourth-order valence-electron chi connectivity index (χ4n) is 3.36. The van der Waals surface area contributed by atoms with Crippen molar-refractivity contribution in [2.75, 3.05) is 13.2 Å². The molecule has 0 N–H and O–H groups in total. The van der Waals surface area contributed by atoms with Crippen LogP contribution in [0.15, 0.2) is 59.2 Å². The van der Waals surface area contributed by atoms with Crippen LogP contribution in [0, 0.1) is 11.3 Å². The zero-order valence-electron chi connectivity index (χ0n) is 18.1. The van der Waals surface area contributed by atoms with Crippen molar-refractivity contribution in [1.82, 2.24) is 4.90 Å². The third kappa shape index (κ3) is 4.68. The van der Waals surface area contributed by atoms with E-state index in [2.05, 4.69) is 0 Å². The second-order valence-corrected chi connectivity index (χ2v) is 7.45. The number of hydrogen-bond acceptors (Lipinski definition) is 5. The van der Waals surface area contributed by atoms with Gasteiger partial charge in [0.1, 0.15) is 18.2 Å². The molecule has 1 heterocycles. The Labute approximate surface area is 192 Å². The Morgan fingerprint density at radius 2 is 1.81 bits per heavy atom. The molecule has 0 aliphatic carbocycles. The molecular formula is C25H23ClN2O4. The van der Waals surface area contributed by atoms with E-state index in [-0.39, 0.29) is 18.7 Å². The van der Waals surface area contributed by atoms with Gasteiger partial charge in [0.25, 0.3) is 11.8 Å². The van der Waals surface area contributed by atoms with Gasteiger partial charge in [-0.05, 0) is 56.2 Å². The molecule has 7 heteroatoms. The molecule has 1 aliphatic rings. The number of nitriles is 1. The van der Waals surface area contributed by atoms with E-state index in [9.17, 15) is 14.9 Å². The molecule has 0 saturated carbocycles. The molecule has 0 spiro atoms. The molecule has 2 aromatic rings. The third-order valence-corrected chi connectivity index (χ3v) is 5.43. The van der Waals surface area contributed by atoms with Gasteiger partial charge in [0.05, 0.1) is 6.61 Å². The molecule has 164 valence electrons. The number of amides is 2. The van der Waals surface area contributed by atoms with Gasteiger partial charge in [-0.2, -0.15) is 5.26 Å². The summed E-state index contributed by atoms with van der Waals surface area (Å²) < 4.78 is 11.7.